The predicted octanol–water partition coefficient (Wildman–Crippen LogP) is 1.81. The molecule has 0 fully saturated rings. The smallest absolute Gasteiger partial charge is 0.125 e. The molecule has 0 spiro atoms. The summed E-state index contributed by atoms with van der Waals surface area (Å²) in [6.45, 7) is 0. The van der Waals surface area contributed by atoms with Crippen molar-refractivity contribution in [2.24, 2.45) is 5.73 Å². The Balaban J connectivity index is 2.61. The Morgan fingerprint density at radius 3 is 2.87 bits per heavy atom. The molecule has 0 radical (unpaired) electrons. The molecule has 76 valence electrons. The summed E-state index contributed by atoms with van der Waals surface area (Å²) in [6.07, 6.45) is 3.45. The lowest BCUT2D eigenvalue weighted by molar-refractivity contribution is 0.878. The molecule has 1 aromatic carbocycles. The molecule has 1 aromatic heterocycles. The number of nitrogens with one attached hydrogen (secondary N) is 1. The van der Waals surface area contributed by atoms with Gasteiger partial charge in [0, 0.05) is 23.0 Å². The van der Waals surface area contributed by atoms with Gasteiger partial charge in [-0.25, -0.2) is 4.68 Å². The van der Waals surface area contributed by atoms with Crippen molar-refractivity contribution in [1.29, 1.82) is 5.41 Å². The third-order valence-electron chi connectivity index (χ3n) is 2.00. The molecule has 2 rings (SSSR count). The maximum atomic E-state index is 7.45. The summed E-state index contributed by atoms with van der Waals surface area (Å²) in [4.78, 5) is 0. The van der Waals surface area contributed by atoms with E-state index < -0.39 is 0 Å². The van der Waals surface area contributed by atoms with Gasteiger partial charge in [-0.3, -0.25) is 5.41 Å². The number of nitrogens with zero attached hydrogens (tertiary/aromatic N) is 2. The van der Waals surface area contributed by atoms with Crippen LogP contribution in [0.3, 0.4) is 0 Å². The van der Waals surface area contributed by atoms with Gasteiger partial charge in [0.15, 0.2) is 0 Å². The van der Waals surface area contributed by atoms with Gasteiger partial charge in [0.1, 0.15) is 5.84 Å². The van der Waals surface area contributed by atoms with Gasteiger partial charge in [-0.1, -0.05) is 11.6 Å². The Morgan fingerprint density at radius 2 is 2.27 bits per heavy atom. The van der Waals surface area contributed by atoms with Gasteiger partial charge in [0.2, 0.25) is 0 Å². The summed E-state index contributed by atoms with van der Waals surface area (Å²) < 4.78 is 1.65. The van der Waals surface area contributed by atoms with E-state index in [9.17, 15) is 0 Å². The first-order valence-electron chi connectivity index (χ1n) is 4.32. The van der Waals surface area contributed by atoms with E-state index in [1.165, 1.54) is 0 Å². The molecule has 0 aliphatic rings. The number of aromatic nitrogens is 2. The number of amidine groups is 1. The quantitative estimate of drug-likeness (QED) is 0.599. The van der Waals surface area contributed by atoms with E-state index in [-0.39, 0.29) is 5.84 Å². The van der Waals surface area contributed by atoms with Crippen LogP contribution in [0.25, 0.3) is 5.69 Å². The molecule has 0 saturated heterocycles. The van der Waals surface area contributed by atoms with Gasteiger partial charge in [-0.2, -0.15) is 5.10 Å². The highest BCUT2D eigenvalue weighted by Crippen LogP contribution is 2.18. The molecule has 4 nitrogen and oxygen atoms in total. The second kappa shape index (κ2) is 3.74. The minimum Gasteiger partial charge on any atom is -0.384 e. The van der Waals surface area contributed by atoms with E-state index in [2.05, 4.69) is 5.10 Å². The lowest BCUT2D eigenvalue weighted by Gasteiger charge is -2.08. The van der Waals surface area contributed by atoms with Crippen LogP contribution < -0.4 is 5.73 Å². The van der Waals surface area contributed by atoms with E-state index in [0.717, 1.165) is 5.69 Å². The van der Waals surface area contributed by atoms with Crippen LogP contribution >= 0.6 is 11.6 Å². The van der Waals surface area contributed by atoms with Crippen molar-refractivity contribution < 1.29 is 0 Å². The highest BCUT2D eigenvalue weighted by molar-refractivity contribution is 6.31. The maximum absolute atomic E-state index is 7.45. The lowest BCUT2D eigenvalue weighted by Crippen LogP contribution is -2.14. The van der Waals surface area contributed by atoms with Crippen molar-refractivity contribution >= 4 is 17.4 Å². The molecular weight excluding hydrogens is 212 g/mol. The fourth-order valence-electron chi connectivity index (χ4n) is 1.34. The van der Waals surface area contributed by atoms with Crippen LogP contribution in [0.2, 0.25) is 5.02 Å². The van der Waals surface area contributed by atoms with Crippen molar-refractivity contribution in [3.05, 3.63) is 47.2 Å². The largest absolute Gasteiger partial charge is 0.384 e. The molecule has 0 aliphatic carbocycles. The first-order valence-corrected chi connectivity index (χ1v) is 4.70. The van der Waals surface area contributed by atoms with E-state index in [1.54, 1.807) is 41.3 Å². The molecule has 0 amide bonds. The molecule has 0 aliphatic heterocycles. The third kappa shape index (κ3) is 1.85. The second-order valence-corrected chi connectivity index (χ2v) is 3.46. The first-order chi connectivity index (χ1) is 7.18. The van der Waals surface area contributed by atoms with Crippen LogP contribution in [-0.2, 0) is 0 Å². The molecule has 1 heterocycles. The van der Waals surface area contributed by atoms with Gasteiger partial charge in [-0.15, -0.1) is 0 Å². The van der Waals surface area contributed by atoms with Crippen molar-refractivity contribution in [1.82, 2.24) is 9.78 Å². The van der Waals surface area contributed by atoms with E-state index in [1.807, 2.05) is 0 Å². The SMILES string of the molecule is N=C(N)c1cc(Cl)ccc1-n1cccn1. The number of hydrogen-bond donors (Lipinski definition) is 2. The summed E-state index contributed by atoms with van der Waals surface area (Å²) >= 11 is 5.84. The molecule has 5 heteroatoms. The van der Waals surface area contributed by atoms with Crippen molar-refractivity contribution in [2.75, 3.05) is 0 Å². The average molecular weight is 221 g/mol. The first kappa shape index (κ1) is 9.73. The minimum atomic E-state index is -0.0250. The summed E-state index contributed by atoms with van der Waals surface area (Å²) in [5.74, 6) is -0.0250. The number of rotatable bonds is 2. The van der Waals surface area contributed by atoms with Crippen molar-refractivity contribution in [3.8, 4) is 5.69 Å². The average Bonchev–Trinajstić information content (AvgIpc) is 2.70. The summed E-state index contributed by atoms with van der Waals surface area (Å²) in [5, 5.41) is 12.1. The van der Waals surface area contributed by atoms with Crippen LogP contribution in [-0.4, -0.2) is 15.6 Å². The van der Waals surface area contributed by atoms with Gasteiger partial charge in [0.05, 0.1) is 5.69 Å². The summed E-state index contributed by atoms with van der Waals surface area (Å²) in [7, 11) is 0. The van der Waals surface area contributed by atoms with E-state index in [0.29, 0.717) is 10.6 Å². The molecule has 0 bridgehead atoms. The molecular formula is C10H9ClN4. The Kier molecular flexibility index (Phi) is 2.43. The topological polar surface area (TPSA) is 67.7 Å². The fraction of sp³-hybridized carbons (Fsp3) is 0. The van der Waals surface area contributed by atoms with Gasteiger partial charge in [0.25, 0.3) is 0 Å². The molecule has 2 aromatic rings. The van der Waals surface area contributed by atoms with Crippen LogP contribution in [0.4, 0.5) is 0 Å². The predicted molar refractivity (Wildman–Crippen MR) is 59.6 cm³/mol. The third-order valence-corrected chi connectivity index (χ3v) is 2.24. The molecule has 0 unspecified atom stereocenters. The fourth-order valence-corrected chi connectivity index (χ4v) is 1.51. The highest BCUT2D eigenvalue weighted by atomic mass is 35.5. The monoisotopic (exact) mass is 220 g/mol. The molecule has 15 heavy (non-hydrogen) atoms. The second-order valence-electron chi connectivity index (χ2n) is 3.03. The van der Waals surface area contributed by atoms with Crippen molar-refractivity contribution in [2.45, 2.75) is 0 Å². The summed E-state index contributed by atoms with van der Waals surface area (Å²) in [5.41, 5.74) is 6.80. The Bertz CT molecular complexity index is 490. The van der Waals surface area contributed by atoms with Gasteiger partial charge < -0.3 is 5.73 Å². The zero-order chi connectivity index (χ0) is 10.8. The maximum Gasteiger partial charge on any atom is 0.125 e. The van der Waals surface area contributed by atoms with Crippen LogP contribution in [0.1, 0.15) is 5.56 Å². The number of nitrogen functional groups attached to an aromatic ring is 1. The Morgan fingerprint density at radius 1 is 1.47 bits per heavy atom. The minimum absolute atomic E-state index is 0.0250. The number of halogens is 1. The normalized spacial score (nSPS) is 10.2. The Labute approximate surface area is 91.8 Å². The lowest BCUT2D eigenvalue weighted by atomic mass is 10.1. The number of benzene rings is 1. The molecule has 0 atom stereocenters. The van der Waals surface area contributed by atoms with E-state index >= 15 is 0 Å². The van der Waals surface area contributed by atoms with E-state index in [4.69, 9.17) is 22.7 Å². The summed E-state index contributed by atoms with van der Waals surface area (Å²) in [6, 6.07) is 6.98. The zero-order valence-corrected chi connectivity index (χ0v) is 8.57. The van der Waals surface area contributed by atoms with Gasteiger partial charge >= 0.3 is 0 Å². The standard InChI is InChI=1S/C10H9ClN4/c11-7-2-3-9(8(6-7)10(12)13)15-5-1-4-14-15/h1-6H,(H3,12,13). The van der Waals surface area contributed by atoms with Gasteiger partial charge in [-0.05, 0) is 24.3 Å². The number of nitrogens with two attached hydrogens (primary N) is 1. The molecule has 3 N–H and O–H groups in total. The number of hydrogen-bond acceptors (Lipinski definition) is 2. The van der Waals surface area contributed by atoms with Crippen LogP contribution in [0, 0.1) is 5.41 Å². The highest BCUT2D eigenvalue weighted by Gasteiger charge is 2.07. The zero-order valence-electron chi connectivity index (χ0n) is 7.81. The Hall–Kier alpha value is -1.81. The molecule has 0 saturated carbocycles. The van der Waals surface area contributed by atoms with Crippen molar-refractivity contribution in [3.63, 3.8) is 0 Å². The van der Waals surface area contributed by atoms with Crippen LogP contribution in [0.15, 0.2) is 36.7 Å². The van der Waals surface area contributed by atoms with Crippen LogP contribution in [0.5, 0.6) is 0 Å².